The van der Waals surface area contributed by atoms with Crippen molar-refractivity contribution >= 4 is 45.0 Å². The highest BCUT2D eigenvalue weighted by Gasteiger charge is 2.44. The standard InChI is InChI=1S/C41H32N4O/c1-25-7-5-9-31-38(25)40-39(45-36-11-4-3-10-35(36)44(2)41(31)45)32-24-30(19-21-37(32)46-40)27-14-16-28(17-15-27)33-20-18-29-13-12-26(8-6-22-42)23-34(29)43-33/h3-21,23-24,41H,22,42H2,1-2H3/b8-6-. The first-order chi connectivity index (χ1) is 22.6. The molecule has 9 rings (SSSR count). The zero-order valence-corrected chi connectivity index (χ0v) is 25.7. The molecular formula is C41H32N4O. The molecule has 5 aromatic carbocycles. The molecule has 1 unspecified atom stereocenters. The maximum atomic E-state index is 6.71. The van der Waals surface area contributed by atoms with Gasteiger partial charge >= 0.3 is 0 Å². The molecule has 0 amide bonds. The Morgan fingerprint density at radius 3 is 2.43 bits per heavy atom. The first-order valence-electron chi connectivity index (χ1n) is 15.7. The summed E-state index contributed by atoms with van der Waals surface area (Å²) in [6.45, 7) is 2.70. The first-order valence-corrected chi connectivity index (χ1v) is 15.7. The fourth-order valence-electron chi connectivity index (χ4n) is 7.32. The second-order valence-electron chi connectivity index (χ2n) is 12.2. The van der Waals surface area contributed by atoms with Crippen molar-refractivity contribution in [2.24, 2.45) is 5.73 Å². The molecule has 1 atom stereocenters. The third kappa shape index (κ3) is 3.95. The highest BCUT2D eigenvalue weighted by molar-refractivity contribution is 6.08. The number of nitrogens with zero attached hydrogens (tertiary/aromatic N) is 3. The minimum Gasteiger partial charge on any atom is -0.454 e. The zero-order valence-electron chi connectivity index (χ0n) is 25.7. The van der Waals surface area contributed by atoms with Crippen LogP contribution in [0.1, 0.15) is 22.9 Å². The molecule has 2 aliphatic heterocycles. The van der Waals surface area contributed by atoms with Gasteiger partial charge in [-0.1, -0.05) is 91.0 Å². The van der Waals surface area contributed by atoms with Gasteiger partial charge in [0.1, 0.15) is 11.7 Å². The van der Waals surface area contributed by atoms with Crippen LogP contribution in [0.4, 0.5) is 17.1 Å². The van der Waals surface area contributed by atoms with Crippen LogP contribution in [0.25, 0.3) is 61.7 Å². The third-order valence-corrected chi connectivity index (χ3v) is 9.52. The first kappa shape index (κ1) is 26.7. The number of hydrogen-bond acceptors (Lipinski definition) is 5. The van der Waals surface area contributed by atoms with Crippen molar-refractivity contribution in [3.8, 4) is 33.7 Å². The van der Waals surface area contributed by atoms with Crippen LogP contribution in [-0.2, 0) is 0 Å². The Kier molecular flexibility index (Phi) is 5.92. The largest absolute Gasteiger partial charge is 0.454 e. The maximum Gasteiger partial charge on any atom is 0.159 e. The highest BCUT2D eigenvalue weighted by Crippen LogP contribution is 2.59. The SMILES string of the molecule is Cc1cccc2c1-c1oc3ccc(-c4ccc(-c5ccc6ccc(/C=C\CN)cc6n5)cc4)cc3c1N1c3ccccc3N(C)C21. The molecule has 0 saturated heterocycles. The molecule has 4 heterocycles. The molecule has 46 heavy (non-hydrogen) atoms. The van der Waals surface area contributed by atoms with Crippen LogP contribution < -0.4 is 15.5 Å². The van der Waals surface area contributed by atoms with Gasteiger partial charge in [0, 0.05) is 41.1 Å². The number of para-hydroxylation sites is 2. The predicted octanol–water partition coefficient (Wildman–Crippen LogP) is 9.86. The van der Waals surface area contributed by atoms with Crippen LogP contribution in [0.2, 0.25) is 0 Å². The normalized spacial score (nSPS) is 15.0. The number of benzene rings is 5. The van der Waals surface area contributed by atoms with Gasteiger partial charge in [-0.25, -0.2) is 4.98 Å². The molecule has 0 radical (unpaired) electrons. The number of fused-ring (bicyclic) bond motifs is 11. The van der Waals surface area contributed by atoms with E-state index in [1.807, 2.05) is 12.2 Å². The second kappa shape index (κ2) is 10.2. The molecule has 0 bridgehead atoms. The van der Waals surface area contributed by atoms with Crippen molar-refractivity contribution in [2.75, 3.05) is 23.4 Å². The summed E-state index contributed by atoms with van der Waals surface area (Å²) in [6.07, 6.45) is 4.06. The summed E-state index contributed by atoms with van der Waals surface area (Å²) in [5.74, 6) is 0.945. The zero-order chi connectivity index (χ0) is 30.9. The lowest BCUT2D eigenvalue weighted by Crippen LogP contribution is -2.33. The van der Waals surface area contributed by atoms with Gasteiger partial charge in [-0.15, -0.1) is 0 Å². The van der Waals surface area contributed by atoms with E-state index in [4.69, 9.17) is 15.1 Å². The van der Waals surface area contributed by atoms with E-state index in [1.165, 1.54) is 28.1 Å². The van der Waals surface area contributed by atoms with Crippen molar-refractivity contribution < 1.29 is 4.42 Å². The quantitative estimate of drug-likeness (QED) is 0.219. The van der Waals surface area contributed by atoms with Crippen molar-refractivity contribution in [1.82, 2.24) is 4.98 Å². The van der Waals surface area contributed by atoms with Crippen molar-refractivity contribution in [3.05, 3.63) is 138 Å². The van der Waals surface area contributed by atoms with E-state index < -0.39 is 0 Å². The van der Waals surface area contributed by atoms with E-state index in [-0.39, 0.29) is 6.17 Å². The van der Waals surface area contributed by atoms with E-state index in [0.717, 1.165) is 61.3 Å². The topological polar surface area (TPSA) is 58.5 Å². The smallest absolute Gasteiger partial charge is 0.159 e. The van der Waals surface area contributed by atoms with Gasteiger partial charge < -0.3 is 20.0 Å². The molecule has 0 fully saturated rings. The Morgan fingerprint density at radius 1 is 0.804 bits per heavy atom. The van der Waals surface area contributed by atoms with Gasteiger partial charge in [-0.05, 0) is 65.6 Å². The van der Waals surface area contributed by atoms with Crippen LogP contribution in [0.15, 0.2) is 126 Å². The fourth-order valence-corrected chi connectivity index (χ4v) is 7.32. The van der Waals surface area contributed by atoms with Crippen LogP contribution >= 0.6 is 0 Å². The van der Waals surface area contributed by atoms with Crippen LogP contribution in [-0.4, -0.2) is 18.6 Å². The Bertz CT molecular complexity index is 2350. The summed E-state index contributed by atoms with van der Waals surface area (Å²) in [7, 11) is 2.19. The summed E-state index contributed by atoms with van der Waals surface area (Å²) in [5.41, 5.74) is 20.2. The molecule has 2 N–H and O–H groups in total. The van der Waals surface area contributed by atoms with Crippen LogP contribution in [0.3, 0.4) is 0 Å². The third-order valence-electron chi connectivity index (χ3n) is 9.52. The van der Waals surface area contributed by atoms with Crippen molar-refractivity contribution in [2.45, 2.75) is 13.1 Å². The molecule has 0 saturated carbocycles. The molecule has 5 nitrogen and oxygen atoms in total. The number of hydrogen-bond donors (Lipinski definition) is 1. The van der Waals surface area contributed by atoms with E-state index in [1.54, 1.807) is 0 Å². The molecule has 0 aliphatic carbocycles. The van der Waals surface area contributed by atoms with Gasteiger partial charge in [0.15, 0.2) is 5.76 Å². The monoisotopic (exact) mass is 596 g/mol. The van der Waals surface area contributed by atoms with E-state index in [9.17, 15) is 0 Å². The number of anilines is 3. The number of aromatic nitrogens is 1. The maximum absolute atomic E-state index is 6.71. The number of aryl methyl sites for hydroxylation is 1. The Hall–Kier alpha value is -5.65. The average Bonchev–Trinajstić information content (AvgIpc) is 3.62. The van der Waals surface area contributed by atoms with Gasteiger partial charge in [-0.3, -0.25) is 0 Å². The summed E-state index contributed by atoms with van der Waals surface area (Å²) in [5, 5.41) is 2.24. The summed E-state index contributed by atoms with van der Waals surface area (Å²) < 4.78 is 6.71. The Balaban J connectivity index is 1.14. The summed E-state index contributed by atoms with van der Waals surface area (Å²) in [4.78, 5) is 9.84. The van der Waals surface area contributed by atoms with Gasteiger partial charge in [0.2, 0.25) is 0 Å². The highest BCUT2D eigenvalue weighted by atomic mass is 16.3. The summed E-state index contributed by atoms with van der Waals surface area (Å²) >= 11 is 0. The number of nitrogens with two attached hydrogens (primary N) is 1. The van der Waals surface area contributed by atoms with Crippen molar-refractivity contribution in [3.63, 3.8) is 0 Å². The minimum atomic E-state index is 0.0609. The molecule has 7 aromatic rings. The Morgan fingerprint density at radius 2 is 1.59 bits per heavy atom. The minimum absolute atomic E-state index is 0.0609. The molecule has 0 spiro atoms. The number of rotatable bonds is 4. The van der Waals surface area contributed by atoms with E-state index in [2.05, 4.69) is 139 Å². The molecular weight excluding hydrogens is 564 g/mol. The average molecular weight is 597 g/mol. The molecule has 2 aromatic heterocycles. The fraction of sp³-hybridized carbons (Fsp3) is 0.0976. The van der Waals surface area contributed by atoms with Crippen molar-refractivity contribution in [1.29, 1.82) is 0 Å². The lowest BCUT2D eigenvalue weighted by atomic mass is 9.91. The van der Waals surface area contributed by atoms with Gasteiger partial charge in [-0.2, -0.15) is 0 Å². The predicted molar refractivity (Wildman–Crippen MR) is 190 cm³/mol. The lowest BCUT2D eigenvalue weighted by molar-refractivity contribution is 0.615. The Labute approximate surface area is 267 Å². The van der Waals surface area contributed by atoms with Crippen LogP contribution in [0, 0.1) is 6.92 Å². The number of pyridine rings is 1. The van der Waals surface area contributed by atoms with E-state index in [0.29, 0.717) is 6.54 Å². The molecule has 2 aliphatic rings. The second-order valence-corrected chi connectivity index (χ2v) is 12.2. The van der Waals surface area contributed by atoms with Gasteiger partial charge in [0.05, 0.1) is 28.3 Å². The van der Waals surface area contributed by atoms with Gasteiger partial charge in [0.25, 0.3) is 0 Å². The molecule has 222 valence electrons. The summed E-state index contributed by atoms with van der Waals surface area (Å²) in [6, 6.07) is 41.1. The van der Waals surface area contributed by atoms with E-state index >= 15 is 0 Å². The number of furan rings is 1. The lowest BCUT2D eigenvalue weighted by Gasteiger charge is -2.36. The van der Waals surface area contributed by atoms with Crippen LogP contribution in [0.5, 0.6) is 0 Å². The molecule has 5 heteroatoms.